The van der Waals surface area contributed by atoms with E-state index in [0.717, 1.165) is 18.8 Å². The third kappa shape index (κ3) is 5.52. The van der Waals surface area contributed by atoms with Crippen molar-refractivity contribution in [3.05, 3.63) is 0 Å². The molecule has 0 spiro atoms. The first-order chi connectivity index (χ1) is 7.05. The number of nitrogens with one attached hydrogen (secondary N) is 1. The van der Waals surface area contributed by atoms with Crippen LogP contribution in [0.4, 0.5) is 0 Å². The Morgan fingerprint density at radius 1 is 1.33 bits per heavy atom. The van der Waals surface area contributed by atoms with Crippen molar-refractivity contribution in [2.24, 2.45) is 5.92 Å². The van der Waals surface area contributed by atoms with E-state index in [4.69, 9.17) is 0 Å². The molecule has 1 rings (SSSR count). The summed E-state index contributed by atoms with van der Waals surface area (Å²) in [4.78, 5) is 0. The molecule has 1 saturated carbocycles. The zero-order valence-electron chi connectivity index (χ0n) is 9.83. The molecule has 15 heavy (non-hydrogen) atoms. The highest BCUT2D eigenvalue weighted by atomic mass is 32.2. The highest BCUT2D eigenvalue weighted by Gasteiger charge is 2.27. The summed E-state index contributed by atoms with van der Waals surface area (Å²) < 4.78 is 23.0. The van der Waals surface area contributed by atoms with Gasteiger partial charge in [0.25, 0.3) is 0 Å². The summed E-state index contributed by atoms with van der Waals surface area (Å²) in [5.74, 6) is 1.44. The van der Waals surface area contributed by atoms with E-state index in [1.54, 1.807) is 0 Å². The van der Waals surface area contributed by atoms with Gasteiger partial charge in [0.05, 0.1) is 11.5 Å². The lowest BCUT2D eigenvalue weighted by molar-refractivity contribution is 0.509. The maximum absolute atomic E-state index is 11.5. The van der Waals surface area contributed by atoms with Crippen molar-refractivity contribution >= 4 is 9.84 Å². The molecular weight excluding hydrogens is 210 g/mol. The number of hydrogen-bond acceptors (Lipinski definition) is 3. The van der Waals surface area contributed by atoms with E-state index >= 15 is 0 Å². The Hall–Kier alpha value is -0.0900. The van der Waals surface area contributed by atoms with E-state index in [1.165, 1.54) is 12.8 Å². The smallest absolute Gasteiger partial charge is 0.151 e. The van der Waals surface area contributed by atoms with Gasteiger partial charge in [-0.3, -0.25) is 0 Å². The largest absolute Gasteiger partial charge is 0.313 e. The summed E-state index contributed by atoms with van der Waals surface area (Å²) in [5.41, 5.74) is 0. The number of sulfone groups is 1. The van der Waals surface area contributed by atoms with Gasteiger partial charge >= 0.3 is 0 Å². The fourth-order valence-corrected chi connectivity index (χ4v) is 3.03. The van der Waals surface area contributed by atoms with Crippen LogP contribution in [0.15, 0.2) is 0 Å². The highest BCUT2D eigenvalue weighted by Crippen LogP contribution is 2.32. The molecule has 0 bridgehead atoms. The summed E-state index contributed by atoms with van der Waals surface area (Å²) in [5, 5.41) is 3.30. The average Bonchev–Trinajstić information content (AvgIpc) is 2.97. The lowest BCUT2D eigenvalue weighted by atomic mass is 10.2. The van der Waals surface area contributed by atoms with E-state index in [1.807, 2.05) is 6.92 Å². The minimum absolute atomic E-state index is 0.296. The Bertz CT molecular complexity index is 270. The molecule has 1 atom stereocenters. The van der Waals surface area contributed by atoms with Crippen molar-refractivity contribution in [3.63, 3.8) is 0 Å². The maximum Gasteiger partial charge on any atom is 0.151 e. The van der Waals surface area contributed by atoms with Crippen molar-refractivity contribution < 1.29 is 8.42 Å². The predicted octanol–water partition coefficient (Wildman–Crippen LogP) is 1.59. The van der Waals surface area contributed by atoms with Gasteiger partial charge in [-0.2, -0.15) is 0 Å². The van der Waals surface area contributed by atoms with Crippen LogP contribution in [0.2, 0.25) is 0 Å². The van der Waals surface area contributed by atoms with E-state index in [-0.39, 0.29) is 0 Å². The summed E-state index contributed by atoms with van der Waals surface area (Å²) >= 11 is 0. The van der Waals surface area contributed by atoms with Crippen molar-refractivity contribution in [1.82, 2.24) is 5.32 Å². The molecule has 0 heterocycles. The molecule has 1 aliphatic carbocycles. The topological polar surface area (TPSA) is 46.2 Å². The molecule has 0 amide bonds. The lowest BCUT2D eigenvalue weighted by Gasteiger charge is -2.12. The van der Waals surface area contributed by atoms with Gasteiger partial charge in [0.1, 0.15) is 0 Å². The number of hydrogen-bond donors (Lipinski definition) is 1. The number of unbranched alkanes of at least 4 members (excludes halogenated alkanes) is 1. The van der Waals surface area contributed by atoms with Gasteiger partial charge in [0.2, 0.25) is 0 Å². The zero-order valence-corrected chi connectivity index (χ0v) is 10.6. The second-order valence-electron chi connectivity index (χ2n) is 4.59. The summed E-state index contributed by atoms with van der Waals surface area (Å²) in [6.45, 7) is 4.78. The summed E-state index contributed by atoms with van der Waals surface area (Å²) in [6, 6.07) is 0.492. The van der Waals surface area contributed by atoms with E-state index in [0.29, 0.717) is 24.1 Å². The van der Waals surface area contributed by atoms with Gasteiger partial charge in [0.15, 0.2) is 9.84 Å². The standard InChI is InChI=1S/C11H23NO2S/c1-3-4-8-15(13,14)9-7-12-10(2)11-5-6-11/h10-12H,3-9H2,1-2H3. The maximum atomic E-state index is 11.5. The van der Waals surface area contributed by atoms with Gasteiger partial charge < -0.3 is 5.32 Å². The van der Waals surface area contributed by atoms with Crippen molar-refractivity contribution in [2.45, 2.75) is 45.6 Å². The molecule has 3 nitrogen and oxygen atoms in total. The molecule has 0 saturated heterocycles. The molecule has 4 heteroatoms. The quantitative estimate of drug-likeness (QED) is 0.692. The molecule has 0 aromatic carbocycles. The molecule has 1 unspecified atom stereocenters. The first kappa shape index (κ1) is 13.0. The fraction of sp³-hybridized carbons (Fsp3) is 1.00. The molecule has 0 aromatic rings. The molecule has 0 aliphatic heterocycles. The Labute approximate surface area is 93.6 Å². The van der Waals surface area contributed by atoms with Crippen LogP contribution < -0.4 is 5.32 Å². The Balaban J connectivity index is 2.12. The van der Waals surface area contributed by atoms with Crippen molar-refractivity contribution in [2.75, 3.05) is 18.1 Å². The minimum atomic E-state index is -2.81. The SMILES string of the molecule is CCCCS(=O)(=O)CCNC(C)C1CC1. The van der Waals surface area contributed by atoms with Crippen molar-refractivity contribution in [1.29, 1.82) is 0 Å². The van der Waals surface area contributed by atoms with Gasteiger partial charge in [-0.15, -0.1) is 0 Å². The molecule has 1 fully saturated rings. The Morgan fingerprint density at radius 2 is 2.00 bits per heavy atom. The van der Waals surface area contributed by atoms with Crippen LogP contribution in [-0.4, -0.2) is 32.5 Å². The number of rotatable bonds is 8. The van der Waals surface area contributed by atoms with Gasteiger partial charge in [-0.05, 0) is 32.1 Å². The monoisotopic (exact) mass is 233 g/mol. The predicted molar refractivity (Wildman–Crippen MR) is 63.8 cm³/mol. The first-order valence-electron chi connectivity index (χ1n) is 5.99. The fourth-order valence-electron chi connectivity index (χ4n) is 1.67. The van der Waals surface area contributed by atoms with Crippen LogP contribution in [0, 0.1) is 5.92 Å². The van der Waals surface area contributed by atoms with Crippen LogP contribution in [0.1, 0.15) is 39.5 Å². The molecular formula is C11H23NO2S. The molecule has 1 N–H and O–H groups in total. The van der Waals surface area contributed by atoms with Crippen molar-refractivity contribution in [3.8, 4) is 0 Å². The summed E-state index contributed by atoms with van der Waals surface area (Å²) in [6.07, 6.45) is 4.35. The molecule has 0 aromatic heterocycles. The van der Waals surface area contributed by atoms with Crippen LogP contribution in [0.25, 0.3) is 0 Å². The third-order valence-corrected chi connectivity index (χ3v) is 4.75. The van der Waals surface area contributed by atoms with Crippen LogP contribution in [0.3, 0.4) is 0 Å². The average molecular weight is 233 g/mol. The van der Waals surface area contributed by atoms with E-state index in [2.05, 4.69) is 12.2 Å². The molecule has 90 valence electrons. The Kier molecular flexibility index (Phi) is 5.06. The van der Waals surface area contributed by atoms with Gasteiger partial charge in [0, 0.05) is 12.6 Å². The normalized spacial score (nSPS) is 19.1. The second-order valence-corrected chi connectivity index (χ2v) is 6.89. The van der Waals surface area contributed by atoms with E-state index < -0.39 is 9.84 Å². The Morgan fingerprint density at radius 3 is 2.53 bits per heavy atom. The zero-order chi connectivity index (χ0) is 11.3. The van der Waals surface area contributed by atoms with Gasteiger partial charge in [-0.1, -0.05) is 13.3 Å². The first-order valence-corrected chi connectivity index (χ1v) is 7.81. The highest BCUT2D eigenvalue weighted by molar-refractivity contribution is 7.91. The minimum Gasteiger partial charge on any atom is -0.313 e. The van der Waals surface area contributed by atoms with Gasteiger partial charge in [-0.25, -0.2) is 8.42 Å². The molecule has 0 radical (unpaired) electrons. The third-order valence-electron chi connectivity index (χ3n) is 3.02. The lowest BCUT2D eigenvalue weighted by Crippen LogP contribution is -2.32. The molecule has 1 aliphatic rings. The van der Waals surface area contributed by atoms with Crippen LogP contribution in [0.5, 0.6) is 0 Å². The van der Waals surface area contributed by atoms with Crippen LogP contribution in [-0.2, 0) is 9.84 Å². The van der Waals surface area contributed by atoms with E-state index in [9.17, 15) is 8.42 Å². The van der Waals surface area contributed by atoms with Crippen LogP contribution >= 0.6 is 0 Å². The second kappa shape index (κ2) is 5.85. The summed E-state index contributed by atoms with van der Waals surface area (Å²) in [7, 11) is -2.81.